The van der Waals surface area contributed by atoms with Crippen LogP contribution < -0.4 is 4.90 Å². The molecule has 0 bridgehead atoms. The number of hydrogen-bond acceptors (Lipinski definition) is 6. The fourth-order valence-electron chi connectivity index (χ4n) is 2.03. The summed E-state index contributed by atoms with van der Waals surface area (Å²) >= 11 is 0. The molecule has 1 saturated heterocycles. The van der Waals surface area contributed by atoms with E-state index in [0.29, 0.717) is 6.54 Å². The van der Waals surface area contributed by atoms with Gasteiger partial charge < -0.3 is 4.74 Å². The van der Waals surface area contributed by atoms with Crippen LogP contribution in [0.4, 0.5) is 5.82 Å². The van der Waals surface area contributed by atoms with Crippen LogP contribution >= 0.6 is 0 Å². The first-order chi connectivity index (χ1) is 9.67. The molecule has 1 unspecified atom stereocenters. The second-order valence-electron chi connectivity index (χ2n) is 4.21. The molecule has 0 N–H and O–H groups in total. The molecular weight excluding hydrogens is 264 g/mol. The predicted octanol–water partition coefficient (Wildman–Crippen LogP) is 0.926. The van der Waals surface area contributed by atoms with E-state index in [1.165, 1.54) is 24.4 Å². The standard InChI is InChI=1S/C11H12N6O3/c1-20-11(19)9-10(14-3-2-13-9)17-6-7(4-8(17)18)5-15-16-12/h2-3,7H,4-6H2,1H3. The molecule has 1 fully saturated rings. The summed E-state index contributed by atoms with van der Waals surface area (Å²) in [4.78, 5) is 35.6. The quantitative estimate of drug-likeness (QED) is 0.350. The maximum absolute atomic E-state index is 12.0. The first kappa shape index (κ1) is 13.8. The number of azide groups is 1. The Hall–Kier alpha value is -2.67. The van der Waals surface area contributed by atoms with Gasteiger partial charge in [-0.1, -0.05) is 5.11 Å². The monoisotopic (exact) mass is 276 g/mol. The number of esters is 1. The fourth-order valence-corrected chi connectivity index (χ4v) is 2.03. The lowest BCUT2D eigenvalue weighted by molar-refractivity contribution is -0.117. The molecule has 104 valence electrons. The largest absolute Gasteiger partial charge is 0.464 e. The molecule has 9 nitrogen and oxygen atoms in total. The van der Waals surface area contributed by atoms with Crippen molar-refractivity contribution in [3.63, 3.8) is 0 Å². The maximum Gasteiger partial charge on any atom is 0.360 e. The number of nitrogens with zero attached hydrogens (tertiary/aromatic N) is 6. The topological polar surface area (TPSA) is 121 Å². The summed E-state index contributed by atoms with van der Waals surface area (Å²) in [7, 11) is 1.23. The van der Waals surface area contributed by atoms with Crippen molar-refractivity contribution >= 4 is 17.7 Å². The molecule has 1 aromatic rings. The Morgan fingerprint density at radius 2 is 2.35 bits per heavy atom. The van der Waals surface area contributed by atoms with Crippen molar-refractivity contribution in [3.05, 3.63) is 28.5 Å². The summed E-state index contributed by atoms with van der Waals surface area (Å²) in [5.41, 5.74) is 8.29. The van der Waals surface area contributed by atoms with Crippen LogP contribution in [0.5, 0.6) is 0 Å². The minimum absolute atomic E-state index is 0.00668. The van der Waals surface area contributed by atoms with Gasteiger partial charge in [-0.25, -0.2) is 14.8 Å². The number of amides is 1. The van der Waals surface area contributed by atoms with Gasteiger partial charge in [-0.3, -0.25) is 9.69 Å². The van der Waals surface area contributed by atoms with Gasteiger partial charge in [-0.2, -0.15) is 0 Å². The Morgan fingerprint density at radius 1 is 1.60 bits per heavy atom. The minimum atomic E-state index is -0.653. The summed E-state index contributed by atoms with van der Waals surface area (Å²) in [6, 6.07) is 0. The molecule has 1 aliphatic heterocycles. The predicted molar refractivity (Wildman–Crippen MR) is 67.8 cm³/mol. The molecule has 20 heavy (non-hydrogen) atoms. The van der Waals surface area contributed by atoms with Crippen molar-refractivity contribution in [2.45, 2.75) is 6.42 Å². The van der Waals surface area contributed by atoms with Gasteiger partial charge in [0.15, 0.2) is 11.5 Å². The first-order valence-electron chi connectivity index (χ1n) is 5.88. The van der Waals surface area contributed by atoms with Crippen LogP contribution in [0.25, 0.3) is 10.4 Å². The Morgan fingerprint density at radius 3 is 3.05 bits per heavy atom. The summed E-state index contributed by atoms with van der Waals surface area (Å²) in [5.74, 6) is -0.758. The van der Waals surface area contributed by atoms with Crippen LogP contribution in [-0.2, 0) is 9.53 Å². The number of anilines is 1. The van der Waals surface area contributed by atoms with Crippen LogP contribution in [-0.4, -0.2) is 42.0 Å². The second kappa shape index (κ2) is 5.98. The molecule has 0 aliphatic carbocycles. The highest BCUT2D eigenvalue weighted by Gasteiger charge is 2.33. The molecule has 1 amide bonds. The molecule has 0 saturated carbocycles. The zero-order chi connectivity index (χ0) is 14.5. The van der Waals surface area contributed by atoms with Crippen LogP contribution in [0, 0.1) is 5.92 Å². The van der Waals surface area contributed by atoms with Gasteiger partial charge >= 0.3 is 5.97 Å². The van der Waals surface area contributed by atoms with Crippen molar-refractivity contribution in [1.82, 2.24) is 9.97 Å². The Kier molecular flexibility index (Phi) is 4.11. The Balaban J connectivity index is 2.26. The number of carbonyl (C=O) groups is 2. The average molecular weight is 276 g/mol. The number of methoxy groups -OCH3 is 1. The molecule has 0 radical (unpaired) electrons. The van der Waals surface area contributed by atoms with Gasteiger partial charge in [0.1, 0.15) is 0 Å². The molecule has 9 heteroatoms. The Labute approximate surface area is 114 Å². The highest BCUT2D eigenvalue weighted by atomic mass is 16.5. The third-order valence-electron chi connectivity index (χ3n) is 2.92. The van der Waals surface area contributed by atoms with Gasteiger partial charge in [0.2, 0.25) is 5.91 Å². The highest BCUT2D eigenvalue weighted by molar-refractivity contribution is 6.01. The second-order valence-corrected chi connectivity index (χ2v) is 4.21. The zero-order valence-corrected chi connectivity index (χ0v) is 10.8. The summed E-state index contributed by atoms with van der Waals surface area (Å²) < 4.78 is 4.62. The molecule has 1 aromatic heterocycles. The van der Waals surface area contributed by atoms with E-state index in [-0.39, 0.29) is 36.3 Å². The van der Waals surface area contributed by atoms with E-state index in [2.05, 4.69) is 24.7 Å². The van der Waals surface area contributed by atoms with Crippen molar-refractivity contribution < 1.29 is 14.3 Å². The smallest absolute Gasteiger partial charge is 0.360 e. The number of aromatic nitrogens is 2. The normalized spacial score (nSPS) is 17.8. The van der Waals surface area contributed by atoms with Crippen molar-refractivity contribution in [2.24, 2.45) is 11.0 Å². The van der Waals surface area contributed by atoms with E-state index >= 15 is 0 Å². The van der Waals surface area contributed by atoms with Crippen molar-refractivity contribution in [1.29, 1.82) is 0 Å². The SMILES string of the molecule is COC(=O)c1nccnc1N1CC(CN=[N+]=[N-])CC1=O. The zero-order valence-electron chi connectivity index (χ0n) is 10.8. The van der Waals surface area contributed by atoms with E-state index in [1.54, 1.807) is 0 Å². The van der Waals surface area contributed by atoms with E-state index in [0.717, 1.165) is 0 Å². The van der Waals surface area contributed by atoms with Crippen LogP contribution in [0.2, 0.25) is 0 Å². The molecule has 1 atom stereocenters. The lowest BCUT2D eigenvalue weighted by Gasteiger charge is -2.16. The van der Waals surface area contributed by atoms with Crippen LogP contribution in [0.15, 0.2) is 17.5 Å². The van der Waals surface area contributed by atoms with E-state index < -0.39 is 5.97 Å². The number of rotatable bonds is 4. The summed E-state index contributed by atoms with van der Waals surface area (Å²) in [5, 5.41) is 3.46. The van der Waals surface area contributed by atoms with E-state index in [4.69, 9.17) is 5.53 Å². The number of hydrogen-bond donors (Lipinski definition) is 0. The van der Waals surface area contributed by atoms with Gasteiger partial charge in [0, 0.05) is 36.8 Å². The van der Waals surface area contributed by atoms with Crippen molar-refractivity contribution in [2.75, 3.05) is 25.1 Å². The highest BCUT2D eigenvalue weighted by Crippen LogP contribution is 2.25. The van der Waals surface area contributed by atoms with Gasteiger partial charge in [0.05, 0.1) is 7.11 Å². The molecule has 0 aromatic carbocycles. The van der Waals surface area contributed by atoms with Gasteiger partial charge in [-0.05, 0) is 11.4 Å². The third-order valence-corrected chi connectivity index (χ3v) is 2.92. The van der Waals surface area contributed by atoms with E-state index in [1.807, 2.05) is 0 Å². The lowest BCUT2D eigenvalue weighted by Crippen LogP contribution is -2.28. The summed E-state index contributed by atoms with van der Waals surface area (Å²) in [6.45, 7) is 0.563. The number of ether oxygens (including phenoxy) is 1. The molecular formula is C11H12N6O3. The van der Waals surface area contributed by atoms with E-state index in [9.17, 15) is 9.59 Å². The van der Waals surface area contributed by atoms with Gasteiger partial charge in [0.25, 0.3) is 0 Å². The molecule has 2 heterocycles. The fraction of sp³-hybridized carbons (Fsp3) is 0.455. The third kappa shape index (κ3) is 2.67. The van der Waals surface area contributed by atoms with Crippen molar-refractivity contribution in [3.8, 4) is 0 Å². The maximum atomic E-state index is 12.0. The number of carbonyl (C=O) groups excluding carboxylic acids is 2. The minimum Gasteiger partial charge on any atom is -0.464 e. The first-order valence-corrected chi connectivity index (χ1v) is 5.88. The Bertz CT molecular complexity index is 583. The van der Waals surface area contributed by atoms with Crippen LogP contribution in [0.1, 0.15) is 16.9 Å². The average Bonchev–Trinajstić information content (AvgIpc) is 2.85. The lowest BCUT2D eigenvalue weighted by atomic mass is 10.1. The molecule has 2 rings (SSSR count). The molecule has 1 aliphatic rings. The van der Waals surface area contributed by atoms with Crippen LogP contribution in [0.3, 0.4) is 0 Å². The molecule has 0 spiro atoms. The summed E-state index contributed by atoms with van der Waals surface area (Å²) in [6.07, 6.45) is 3.00. The van der Waals surface area contributed by atoms with Gasteiger partial charge in [-0.15, -0.1) is 0 Å².